The molecule has 0 aliphatic carbocycles. The molecule has 0 fully saturated rings. The van der Waals surface area contributed by atoms with Gasteiger partial charge in [-0.1, -0.05) is 11.6 Å². The van der Waals surface area contributed by atoms with Crippen LogP contribution in [0.25, 0.3) is 0 Å². The highest BCUT2D eigenvalue weighted by atomic mass is 35.5. The van der Waals surface area contributed by atoms with E-state index in [4.69, 9.17) is 21.4 Å². The number of anilines is 1. The minimum Gasteiger partial charge on any atom is -0.487 e. The van der Waals surface area contributed by atoms with Crippen LogP contribution < -0.4 is 15.6 Å². The first kappa shape index (κ1) is 23.3. The Balaban J connectivity index is 1.88. The van der Waals surface area contributed by atoms with E-state index in [2.05, 4.69) is 15.3 Å². The smallest absolute Gasteiger partial charge is 0.273 e. The van der Waals surface area contributed by atoms with Gasteiger partial charge in [0.05, 0.1) is 6.54 Å². The summed E-state index contributed by atoms with van der Waals surface area (Å²) >= 11 is 6.19. The third-order valence-corrected chi connectivity index (χ3v) is 4.88. The highest BCUT2D eigenvalue weighted by Crippen LogP contribution is 2.24. The molecule has 3 rings (SSSR count). The highest BCUT2D eigenvalue weighted by molar-refractivity contribution is 6.31. The molecule has 168 valence electrons. The van der Waals surface area contributed by atoms with Crippen LogP contribution >= 0.6 is 11.6 Å². The fourth-order valence-corrected chi connectivity index (χ4v) is 3.08. The van der Waals surface area contributed by atoms with Crippen LogP contribution in [0, 0.1) is 25.5 Å². The van der Waals surface area contributed by atoms with Crippen LogP contribution in [0.3, 0.4) is 0 Å². The number of pyridine rings is 1. The van der Waals surface area contributed by atoms with Gasteiger partial charge in [-0.15, -0.1) is 0 Å². The minimum absolute atomic E-state index is 0.0153. The van der Waals surface area contributed by atoms with Crippen molar-refractivity contribution in [3.05, 3.63) is 80.1 Å². The molecule has 2 heterocycles. The van der Waals surface area contributed by atoms with Crippen molar-refractivity contribution in [1.82, 2.24) is 14.5 Å². The maximum atomic E-state index is 13.8. The van der Waals surface area contributed by atoms with Crippen LogP contribution in [-0.2, 0) is 17.9 Å². The van der Waals surface area contributed by atoms with Crippen LogP contribution in [0.2, 0.25) is 5.02 Å². The SMILES string of the molecule is Cc1ncc(Cn2c(C)cc(OCc3ccc(F)cc3F)c(Cl)c2=O)c(NC(=O)CO)n1. The van der Waals surface area contributed by atoms with Crippen molar-refractivity contribution in [2.75, 3.05) is 11.9 Å². The van der Waals surface area contributed by atoms with Crippen LogP contribution in [-0.4, -0.2) is 32.2 Å². The number of amides is 1. The Hall–Kier alpha value is -3.37. The molecule has 0 aliphatic heterocycles. The molecule has 0 spiro atoms. The molecule has 2 N–H and O–H groups in total. The number of nitrogens with zero attached hydrogens (tertiary/aromatic N) is 3. The molecule has 2 aromatic heterocycles. The second kappa shape index (κ2) is 9.84. The van der Waals surface area contributed by atoms with E-state index in [1.165, 1.54) is 22.9 Å². The van der Waals surface area contributed by atoms with Gasteiger partial charge >= 0.3 is 0 Å². The van der Waals surface area contributed by atoms with Gasteiger partial charge in [0.15, 0.2) is 0 Å². The summed E-state index contributed by atoms with van der Waals surface area (Å²) in [6.07, 6.45) is 1.46. The topological polar surface area (TPSA) is 106 Å². The average molecular weight is 465 g/mol. The predicted molar refractivity (Wildman–Crippen MR) is 113 cm³/mol. The Morgan fingerprint density at radius 2 is 2.00 bits per heavy atom. The normalized spacial score (nSPS) is 10.8. The number of halogens is 3. The lowest BCUT2D eigenvalue weighted by molar-refractivity contribution is -0.118. The van der Waals surface area contributed by atoms with Crippen LogP contribution in [0.4, 0.5) is 14.6 Å². The molecule has 11 heteroatoms. The number of hydrogen-bond donors (Lipinski definition) is 2. The molecular formula is C21H19ClF2N4O4. The zero-order chi connectivity index (χ0) is 23.4. The number of hydrogen-bond acceptors (Lipinski definition) is 6. The number of aliphatic hydroxyl groups is 1. The zero-order valence-electron chi connectivity index (χ0n) is 17.2. The standard InChI is InChI=1S/C21H19ClF2N4O4/c1-11-5-17(32-10-13-3-4-15(23)6-16(13)24)19(22)21(31)28(11)8-14-7-25-12(2)26-20(14)27-18(30)9-29/h3-7,29H,8-10H2,1-2H3,(H,25,26,27,30). The molecular weight excluding hydrogens is 446 g/mol. The number of benzene rings is 1. The van der Waals surface area contributed by atoms with Crippen molar-refractivity contribution in [3.8, 4) is 5.75 Å². The van der Waals surface area contributed by atoms with E-state index in [1.54, 1.807) is 13.8 Å². The van der Waals surface area contributed by atoms with Crippen molar-refractivity contribution in [2.24, 2.45) is 0 Å². The molecule has 0 radical (unpaired) electrons. The number of ether oxygens (including phenoxy) is 1. The highest BCUT2D eigenvalue weighted by Gasteiger charge is 2.16. The Bertz CT molecular complexity index is 1230. The van der Waals surface area contributed by atoms with Gasteiger partial charge in [-0.2, -0.15) is 0 Å². The summed E-state index contributed by atoms with van der Waals surface area (Å²) < 4.78 is 33.7. The van der Waals surface area contributed by atoms with Gasteiger partial charge in [0.2, 0.25) is 0 Å². The number of rotatable bonds is 7. The van der Waals surface area contributed by atoms with Crippen molar-refractivity contribution in [1.29, 1.82) is 0 Å². The predicted octanol–water partition coefficient (Wildman–Crippen LogP) is 2.74. The minimum atomic E-state index is -0.775. The number of aryl methyl sites for hydroxylation is 2. The van der Waals surface area contributed by atoms with Gasteiger partial charge in [0, 0.05) is 35.2 Å². The lowest BCUT2D eigenvalue weighted by Crippen LogP contribution is -2.25. The molecule has 0 saturated heterocycles. The third-order valence-electron chi connectivity index (χ3n) is 4.53. The fourth-order valence-electron chi connectivity index (χ4n) is 2.87. The lowest BCUT2D eigenvalue weighted by atomic mass is 10.2. The summed E-state index contributed by atoms with van der Waals surface area (Å²) in [5, 5.41) is 11.2. The fraction of sp³-hybridized carbons (Fsp3) is 0.238. The number of aromatic nitrogens is 3. The number of nitrogens with one attached hydrogen (secondary N) is 1. The second-order valence-electron chi connectivity index (χ2n) is 6.88. The third kappa shape index (κ3) is 5.27. The molecule has 0 aliphatic rings. The molecule has 0 saturated carbocycles. The zero-order valence-corrected chi connectivity index (χ0v) is 17.9. The molecule has 1 aromatic carbocycles. The number of aliphatic hydroxyl groups excluding tert-OH is 1. The Kier molecular flexibility index (Phi) is 7.16. The summed E-state index contributed by atoms with van der Waals surface area (Å²) in [6, 6.07) is 4.59. The summed E-state index contributed by atoms with van der Waals surface area (Å²) in [5.74, 6) is -1.56. The second-order valence-corrected chi connectivity index (χ2v) is 7.25. The Morgan fingerprint density at radius 3 is 2.69 bits per heavy atom. The first-order valence-corrected chi connectivity index (χ1v) is 9.77. The van der Waals surface area contributed by atoms with Crippen molar-refractivity contribution < 1.29 is 23.4 Å². The summed E-state index contributed by atoms with van der Waals surface area (Å²) in [6.45, 7) is 2.28. The first-order chi connectivity index (χ1) is 15.2. The monoisotopic (exact) mass is 464 g/mol. The van der Waals surface area contributed by atoms with E-state index in [0.717, 1.165) is 12.1 Å². The molecule has 8 nitrogen and oxygen atoms in total. The van der Waals surface area contributed by atoms with Crippen molar-refractivity contribution >= 4 is 23.3 Å². The molecule has 1 amide bonds. The van der Waals surface area contributed by atoms with Crippen LogP contribution in [0.1, 0.15) is 22.6 Å². The maximum Gasteiger partial charge on any atom is 0.273 e. The molecule has 32 heavy (non-hydrogen) atoms. The summed E-state index contributed by atoms with van der Waals surface area (Å²) in [7, 11) is 0. The van der Waals surface area contributed by atoms with E-state index in [0.29, 0.717) is 17.1 Å². The molecule has 3 aromatic rings. The quantitative estimate of drug-likeness (QED) is 0.557. The molecule has 0 atom stereocenters. The first-order valence-electron chi connectivity index (χ1n) is 9.39. The van der Waals surface area contributed by atoms with Crippen LogP contribution in [0.5, 0.6) is 5.75 Å². The van der Waals surface area contributed by atoms with Gasteiger partial charge in [0.25, 0.3) is 11.5 Å². The largest absolute Gasteiger partial charge is 0.487 e. The number of carbonyl (C=O) groups is 1. The molecule has 0 unspecified atom stereocenters. The Labute approximate surface area is 186 Å². The van der Waals surface area contributed by atoms with Crippen LogP contribution in [0.15, 0.2) is 35.3 Å². The van der Waals surface area contributed by atoms with Gasteiger partial charge in [-0.05, 0) is 26.0 Å². The maximum absolute atomic E-state index is 13.8. The summed E-state index contributed by atoms with van der Waals surface area (Å²) in [5.41, 5.74) is 0.404. The summed E-state index contributed by atoms with van der Waals surface area (Å²) in [4.78, 5) is 32.7. The van der Waals surface area contributed by atoms with E-state index >= 15 is 0 Å². The average Bonchev–Trinajstić information content (AvgIpc) is 2.75. The number of carbonyl (C=O) groups excluding carboxylic acids is 1. The van der Waals surface area contributed by atoms with E-state index in [9.17, 15) is 18.4 Å². The van der Waals surface area contributed by atoms with E-state index in [-0.39, 0.29) is 35.3 Å². The van der Waals surface area contributed by atoms with Gasteiger partial charge < -0.3 is 19.7 Å². The van der Waals surface area contributed by atoms with E-state index in [1.807, 2.05) is 0 Å². The van der Waals surface area contributed by atoms with Crippen molar-refractivity contribution in [3.63, 3.8) is 0 Å². The Morgan fingerprint density at radius 1 is 1.25 bits per heavy atom. The lowest BCUT2D eigenvalue weighted by Gasteiger charge is -2.16. The molecule has 0 bridgehead atoms. The van der Waals surface area contributed by atoms with E-state index < -0.39 is 29.7 Å². The van der Waals surface area contributed by atoms with Crippen molar-refractivity contribution in [2.45, 2.75) is 27.0 Å². The van der Waals surface area contributed by atoms with Gasteiger partial charge in [-0.3, -0.25) is 9.59 Å². The van der Waals surface area contributed by atoms with Gasteiger partial charge in [0.1, 0.15) is 47.3 Å². The van der Waals surface area contributed by atoms with Gasteiger partial charge in [-0.25, -0.2) is 18.7 Å².